The molecule has 1 aromatic heterocycles. The Morgan fingerprint density at radius 2 is 2.33 bits per heavy atom. The highest BCUT2D eigenvalue weighted by Gasteiger charge is 2.22. The molecule has 1 aliphatic rings. The zero-order valence-corrected chi connectivity index (χ0v) is 10.6. The van der Waals surface area contributed by atoms with Crippen LogP contribution < -0.4 is 4.72 Å². The van der Waals surface area contributed by atoms with Crippen molar-refractivity contribution in [1.29, 1.82) is 0 Å². The van der Waals surface area contributed by atoms with Crippen LogP contribution in [0, 0.1) is 0 Å². The monoisotopic (exact) mass is 263 g/mol. The summed E-state index contributed by atoms with van der Waals surface area (Å²) in [5, 5.41) is 1.78. The molecule has 6 heteroatoms. The van der Waals surface area contributed by atoms with Crippen molar-refractivity contribution in [1.82, 2.24) is 4.72 Å². The van der Waals surface area contributed by atoms with E-state index in [9.17, 15) is 8.42 Å². The van der Waals surface area contributed by atoms with E-state index in [4.69, 9.17) is 0 Å². The molecule has 84 valence electrons. The molecule has 0 amide bonds. The van der Waals surface area contributed by atoms with Gasteiger partial charge in [0.15, 0.2) is 0 Å². The summed E-state index contributed by atoms with van der Waals surface area (Å²) in [5.74, 6) is 2.04. The van der Waals surface area contributed by atoms with Gasteiger partial charge < -0.3 is 0 Å². The van der Waals surface area contributed by atoms with Gasteiger partial charge in [-0.15, -0.1) is 11.3 Å². The summed E-state index contributed by atoms with van der Waals surface area (Å²) in [7, 11) is -3.26. The molecule has 15 heavy (non-hydrogen) atoms. The fourth-order valence-corrected chi connectivity index (χ4v) is 4.99. The molecular formula is C9H13NO2S3. The Hall–Kier alpha value is -0.0400. The van der Waals surface area contributed by atoms with Crippen molar-refractivity contribution >= 4 is 33.1 Å². The van der Waals surface area contributed by atoms with Gasteiger partial charge in [0.05, 0.1) is 0 Å². The summed E-state index contributed by atoms with van der Waals surface area (Å²) in [6.45, 7) is 0. The molecule has 0 spiro atoms. The second-order valence-electron chi connectivity index (χ2n) is 3.47. The van der Waals surface area contributed by atoms with Gasteiger partial charge in [0.25, 0.3) is 0 Å². The Bertz CT molecular complexity index is 393. The predicted molar refractivity (Wildman–Crippen MR) is 65.0 cm³/mol. The number of thiophene rings is 1. The van der Waals surface area contributed by atoms with Crippen molar-refractivity contribution < 1.29 is 8.42 Å². The summed E-state index contributed by atoms with van der Waals surface area (Å²) in [6, 6.07) is 3.51. The smallest absolute Gasteiger partial charge is 0.207 e. The fraction of sp³-hybridized carbons (Fsp3) is 0.556. The maximum absolute atomic E-state index is 11.9. The Morgan fingerprint density at radius 3 is 2.93 bits per heavy atom. The Morgan fingerprint density at radius 1 is 1.47 bits per heavy atom. The van der Waals surface area contributed by atoms with E-state index in [2.05, 4.69) is 4.72 Å². The molecule has 1 unspecified atom stereocenters. The van der Waals surface area contributed by atoms with E-state index in [1.165, 1.54) is 11.3 Å². The lowest BCUT2D eigenvalue weighted by molar-refractivity contribution is 0.545. The van der Waals surface area contributed by atoms with Gasteiger partial charge in [-0.3, -0.25) is 0 Å². The van der Waals surface area contributed by atoms with Crippen molar-refractivity contribution in [3.05, 3.63) is 17.5 Å². The summed E-state index contributed by atoms with van der Waals surface area (Å²) in [4.78, 5) is 0. The number of hydrogen-bond acceptors (Lipinski definition) is 4. The van der Waals surface area contributed by atoms with Crippen molar-refractivity contribution in [2.75, 3.05) is 11.5 Å². The van der Waals surface area contributed by atoms with Crippen LogP contribution in [0.25, 0.3) is 0 Å². The molecule has 0 bridgehead atoms. The van der Waals surface area contributed by atoms with Gasteiger partial charge in [-0.1, -0.05) is 6.07 Å². The van der Waals surface area contributed by atoms with E-state index in [1.807, 2.05) is 11.8 Å². The third kappa shape index (κ3) is 2.96. The van der Waals surface area contributed by atoms with Crippen LogP contribution in [0.1, 0.15) is 12.8 Å². The highest BCUT2D eigenvalue weighted by Crippen LogP contribution is 2.21. The summed E-state index contributed by atoms with van der Waals surface area (Å²) < 4.78 is 26.9. The first-order valence-electron chi connectivity index (χ1n) is 4.82. The average molecular weight is 263 g/mol. The van der Waals surface area contributed by atoms with E-state index in [0.29, 0.717) is 4.21 Å². The summed E-state index contributed by atoms with van der Waals surface area (Å²) in [5.41, 5.74) is 0. The minimum atomic E-state index is -3.26. The van der Waals surface area contributed by atoms with E-state index in [1.54, 1.807) is 17.5 Å². The molecule has 0 aliphatic carbocycles. The third-order valence-corrected chi connectivity index (χ3v) is 6.38. The molecule has 0 saturated carbocycles. The highest BCUT2D eigenvalue weighted by atomic mass is 32.2. The minimum Gasteiger partial charge on any atom is -0.207 e. The van der Waals surface area contributed by atoms with Gasteiger partial charge in [0, 0.05) is 11.8 Å². The molecule has 1 atom stereocenters. The van der Waals surface area contributed by atoms with Crippen molar-refractivity contribution in [3.8, 4) is 0 Å². The molecule has 2 rings (SSSR count). The van der Waals surface area contributed by atoms with E-state index >= 15 is 0 Å². The number of hydrogen-bond donors (Lipinski definition) is 1. The lowest BCUT2D eigenvalue weighted by Gasteiger charge is -2.21. The van der Waals surface area contributed by atoms with Crippen LogP contribution in [0.3, 0.4) is 0 Å². The van der Waals surface area contributed by atoms with E-state index < -0.39 is 10.0 Å². The molecule has 3 nitrogen and oxygen atoms in total. The first-order valence-corrected chi connectivity index (χ1v) is 8.34. The molecule has 1 saturated heterocycles. The van der Waals surface area contributed by atoms with Crippen LogP contribution in [-0.2, 0) is 10.0 Å². The van der Waals surface area contributed by atoms with Crippen molar-refractivity contribution in [2.45, 2.75) is 23.1 Å². The molecule has 1 aliphatic heterocycles. The minimum absolute atomic E-state index is 0.107. The van der Waals surface area contributed by atoms with Gasteiger partial charge >= 0.3 is 0 Å². The average Bonchev–Trinajstić information content (AvgIpc) is 2.71. The molecular weight excluding hydrogens is 250 g/mol. The van der Waals surface area contributed by atoms with Gasteiger partial charge in [0.1, 0.15) is 4.21 Å². The molecule has 1 N–H and O–H groups in total. The lowest BCUT2D eigenvalue weighted by atomic mass is 10.2. The maximum Gasteiger partial charge on any atom is 0.250 e. The SMILES string of the molecule is O=S(=O)(NC1CCCSC1)c1cccs1. The fourth-order valence-electron chi connectivity index (χ4n) is 1.53. The molecule has 1 aromatic rings. The van der Waals surface area contributed by atoms with Crippen LogP contribution >= 0.6 is 23.1 Å². The Kier molecular flexibility index (Phi) is 3.71. The van der Waals surface area contributed by atoms with E-state index in [-0.39, 0.29) is 6.04 Å². The van der Waals surface area contributed by atoms with Crippen LogP contribution in [0.4, 0.5) is 0 Å². The third-order valence-electron chi connectivity index (χ3n) is 2.24. The van der Waals surface area contributed by atoms with E-state index in [0.717, 1.165) is 24.3 Å². The molecule has 2 heterocycles. The first-order chi connectivity index (χ1) is 7.18. The van der Waals surface area contributed by atoms with Gasteiger partial charge in [0.2, 0.25) is 10.0 Å². The van der Waals surface area contributed by atoms with Gasteiger partial charge in [-0.05, 0) is 30.0 Å². The Labute approximate surface area is 98.3 Å². The van der Waals surface area contributed by atoms with Crippen molar-refractivity contribution in [3.63, 3.8) is 0 Å². The normalized spacial score (nSPS) is 22.8. The highest BCUT2D eigenvalue weighted by molar-refractivity contribution is 7.99. The van der Waals surface area contributed by atoms with Crippen LogP contribution in [0.2, 0.25) is 0 Å². The molecule has 0 radical (unpaired) electrons. The zero-order chi connectivity index (χ0) is 10.7. The molecule has 1 fully saturated rings. The zero-order valence-electron chi connectivity index (χ0n) is 8.18. The van der Waals surface area contributed by atoms with Gasteiger partial charge in [-0.25, -0.2) is 13.1 Å². The maximum atomic E-state index is 11.9. The second-order valence-corrected chi connectivity index (χ2v) is 7.51. The lowest BCUT2D eigenvalue weighted by Crippen LogP contribution is -2.37. The van der Waals surface area contributed by atoms with Crippen LogP contribution in [0.5, 0.6) is 0 Å². The number of sulfonamides is 1. The largest absolute Gasteiger partial charge is 0.250 e. The second kappa shape index (κ2) is 4.86. The predicted octanol–water partition coefficient (Wildman–Crippen LogP) is 1.92. The quantitative estimate of drug-likeness (QED) is 0.906. The summed E-state index contributed by atoms with van der Waals surface area (Å²) >= 11 is 3.08. The Balaban J connectivity index is 2.04. The van der Waals surface area contributed by atoms with Crippen LogP contribution in [-0.4, -0.2) is 26.0 Å². The van der Waals surface area contributed by atoms with Crippen molar-refractivity contribution in [2.24, 2.45) is 0 Å². The standard InChI is InChI=1S/C9H13NO2S3/c11-15(12,9-4-2-6-14-9)10-8-3-1-5-13-7-8/h2,4,6,8,10H,1,3,5,7H2. The number of thioether (sulfide) groups is 1. The van der Waals surface area contributed by atoms with Gasteiger partial charge in [-0.2, -0.15) is 11.8 Å². The summed E-state index contributed by atoms with van der Waals surface area (Å²) in [6.07, 6.45) is 2.06. The topological polar surface area (TPSA) is 46.2 Å². The number of rotatable bonds is 3. The molecule has 0 aromatic carbocycles. The van der Waals surface area contributed by atoms with Crippen LogP contribution in [0.15, 0.2) is 21.7 Å². The number of nitrogens with one attached hydrogen (secondary N) is 1. The first kappa shape index (κ1) is 11.4.